The Morgan fingerprint density at radius 2 is 1.43 bits per heavy atom. The van der Waals surface area contributed by atoms with Gasteiger partial charge in [-0.25, -0.2) is 10.3 Å². The molecule has 1 amide bonds. The minimum atomic E-state index is -0.711. The van der Waals surface area contributed by atoms with E-state index in [2.05, 4.69) is 16.0 Å². The smallest absolute Gasteiger partial charge is 0.404 e. The zero-order valence-corrected chi connectivity index (χ0v) is 20.5. The van der Waals surface area contributed by atoms with Crippen molar-refractivity contribution in [3.63, 3.8) is 0 Å². The molecule has 11 nitrogen and oxygen atoms in total. The van der Waals surface area contributed by atoms with Crippen molar-refractivity contribution in [3.05, 3.63) is 84.6 Å². The Kier molecular flexibility index (Phi) is 14.8. The lowest BCUT2D eigenvalue weighted by Crippen LogP contribution is -2.27. The number of amides is 1. The summed E-state index contributed by atoms with van der Waals surface area (Å²) < 4.78 is 9.52. The van der Waals surface area contributed by atoms with Crippen LogP contribution >= 0.6 is 0 Å². The number of hydrogen-bond donors (Lipinski definition) is 7. The summed E-state index contributed by atoms with van der Waals surface area (Å²) in [6.45, 7) is 2.58. The van der Waals surface area contributed by atoms with E-state index in [0.29, 0.717) is 18.1 Å². The predicted octanol–water partition coefficient (Wildman–Crippen LogP) is 2.81. The Bertz CT molecular complexity index is 1050. The van der Waals surface area contributed by atoms with Crippen LogP contribution in [-0.2, 0) is 4.74 Å². The van der Waals surface area contributed by atoms with E-state index in [0.717, 1.165) is 11.3 Å². The van der Waals surface area contributed by atoms with E-state index >= 15 is 0 Å². The topological polar surface area (TPSA) is 196 Å². The van der Waals surface area contributed by atoms with Crippen LogP contribution in [-0.4, -0.2) is 47.2 Å². The van der Waals surface area contributed by atoms with Crippen LogP contribution in [0.15, 0.2) is 79.0 Å². The van der Waals surface area contributed by atoms with Crippen LogP contribution in [0.5, 0.6) is 28.7 Å². The standard InChI is InChI=1S/C12H10O3.C8H7NO.C3H10N2O.C3H7NO2/c13-9-5-1-3-7-11(9)15-12-8-4-2-6-10(12)14;1-2-4-8-7(3-1)5-6-9-10-8;4-1-3(6)2-5;1-2-6-3(4)5/h1-8,13-14H;1-6,9H;3,6H,1-2,4-5H2;2H2,1H3,(H2,4,5). The van der Waals surface area contributed by atoms with Crippen LogP contribution in [0, 0.1) is 0 Å². The summed E-state index contributed by atoms with van der Waals surface area (Å²) >= 11 is 0. The van der Waals surface area contributed by atoms with E-state index in [9.17, 15) is 15.0 Å². The second-order valence-electron chi connectivity index (χ2n) is 7.01. The SMILES string of the molecule is C1=Cc2ccccc2ON1.CCOC(N)=O.NCC(O)CN.Oc1ccccc1Oc1ccccc1O. The quantitative estimate of drug-likeness (QED) is 0.266. The number of para-hydroxylation sites is 5. The molecular formula is C26H34N4O7. The normalized spacial score (nSPS) is 10.4. The summed E-state index contributed by atoms with van der Waals surface area (Å²) in [5.41, 5.74) is 18.2. The Morgan fingerprint density at radius 1 is 0.919 bits per heavy atom. The minimum absolute atomic E-state index is 0.0424. The highest BCUT2D eigenvalue weighted by molar-refractivity contribution is 5.64. The van der Waals surface area contributed by atoms with Gasteiger partial charge in [-0.15, -0.1) is 0 Å². The summed E-state index contributed by atoms with van der Waals surface area (Å²) in [4.78, 5) is 14.7. The second kappa shape index (κ2) is 17.9. The van der Waals surface area contributed by atoms with Gasteiger partial charge in [0.05, 0.1) is 12.7 Å². The first-order valence-electron chi connectivity index (χ1n) is 11.2. The van der Waals surface area contributed by atoms with E-state index < -0.39 is 12.2 Å². The molecule has 1 aliphatic rings. The highest BCUT2D eigenvalue weighted by atomic mass is 16.6. The summed E-state index contributed by atoms with van der Waals surface area (Å²) in [5, 5.41) is 27.3. The molecule has 1 heterocycles. The van der Waals surface area contributed by atoms with Gasteiger partial charge in [0.15, 0.2) is 28.7 Å². The summed E-state index contributed by atoms with van der Waals surface area (Å²) in [6.07, 6.45) is 2.52. The van der Waals surface area contributed by atoms with Crippen molar-refractivity contribution < 1.29 is 34.4 Å². The molecule has 0 spiro atoms. The molecule has 37 heavy (non-hydrogen) atoms. The molecule has 3 aromatic rings. The predicted molar refractivity (Wildman–Crippen MR) is 141 cm³/mol. The molecule has 0 atom stereocenters. The number of aliphatic hydroxyl groups is 1. The molecule has 200 valence electrons. The molecule has 0 saturated heterocycles. The molecule has 0 unspecified atom stereocenters. The molecule has 0 fully saturated rings. The zero-order chi connectivity index (χ0) is 27.5. The highest BCUT2D eigenvalue weighted by Gasteiger charge is 2.05. The Morgan fingerprint density at radius 3 is 1.84 bits per heavy atom. The first kappa shape index (κ1) is 30.6. The van der Waals surface area contributed by atoms with Gasteiger partial charge < -0.3 is 46.8 Å². The molecule has 1 aliphatic heterocycles. The second-order valence-corrected chi connectivity index (χ2v) is 7.01. The number of carbonyl (C=O) groups is 1. The largest absolute Gasteiger partial charge is 0.504 e. The molecule has 0 radical (unpaired) electrons. The fraction of sp³-hybridized carbons (Fsp3) is 0.192. The van der Waals surface area contributed by atoms with Crippen molar-refractivity contribution in [2.24, 2.45) is 17.2 Å². The Labute approximate surface area is 215 Å². The monoisotopic (exact) mass is 514 g/mol. The van der Waals surface area contributed by atoms with Crippen LogP contribution in [0.4, 0.5) is 4.79 Å². The molecule has 0 aromatic heterocycles. The van der Waals surface area contributed by atoms with Gasteiger partial charge in [-0.1, -0.05) is 42.5 Å². The van der Waals surface area contributed by atoms with E-state index in [1.165, 1.54) is 12.1 Å². The summed E-state index contributed by atoms with van der Waals surface area (Å²) in [6, 6.07) is 21.0. The number of primary amides is 1. The lowest BCUT2D eigenvalue weighted by molar-refractivity contribution is 0.163. The molecule has 11 heteroatoms. The number of hydroxylamine groups is 1. The maximum absolute atomic E-state index is 9.60. The number of rotatable bonds is 5. The molecule has 0 aliphatic carbocycles. The van der Waals surface area contributed by atoms with Crippen LogP contribution in [0.2, 0.25) is 0 Å². The van der Waals surface area contributed by atoms with Crippen molar-refractivity contribution >= 4 is 12.2 Å². The molecule has 0 saturated carbocycles. The number of ether oxygens (including phenoxy) is 2. The number of benzene rings is 3. The van der Waals surface area contributed by atoms with Crippen LogP contribution in [0.3, 0.4) is 0 Å². The number of phenolic OH excluding ortho intramolecular Hbond substituents is 2. The van der Waals surface area contributed by atoms with Crippen molar-refractivity contribution in [1.29, 1.82) is 0 Å². The Balaban J connectivity index is 0.000000270. The van der Waals surface area contributed by atoms with Gasteiger partial charge in [0.25, 0.3) is 0 Å². The van der Waals surface area contributed by atoms with E-state index in [1.54, 1.807) is 49.5 Å². The number of nitrogens with one attached hydrogen (secondary N) is 1. The van der Waals surface area contributed by atoms with Gasteiger partial charge in [0, 0.05) is 24.9 Å². The van der Waals surface area contributed by atoms with E-state index in [-0.39, 0.29) is 24.6 Å². The fourth-order valence-corrected chi connectivity index (χ4v) is 2.38. The highest BCUT2D eigenvalue weighted by Crippen LogP contribution is 2.34. The number of aliphatic hydroxyl groups excluding tert-OH is 1. The number of fused-ring (bicyclic) bond motifs is 1. The van der Waals surface area contributed by atoms with Crippen molar-refractivity contribution in [2.75, 3.05) is 19.7 Å². The van der Waals surface area contributed by atoms with Crippen LogP contribution in [0.25, 0.3) is 6.08 Å². The van der Waals surface area contributed by atoms with Gasteiger partial charge in [0.2, 0.25) is 0 Å². The van der Waals surface area contributed by atoms with Crippen molar-refractivity contribution in [1.82, 2.24) is 5.48 Å². The van der Waals surface area contributed by atoms with E-state index in [1.807, 2.05) is 30.3 Å². The lowest BCUT2D eigenvalue weighted by Gasteiger charge is -2.11. The summed E-state index contributed by atoms with van der Waals surface area (Å²) in [7, 11) is 0. The average Bonchev–Trinajstić information content (AvgIpc) is 2.92. The van der Waals surface area contributed by atoms with Gasteiger partial charge in [0.1, 0.15) is 0 Å². The lowest BCUT2D eigenvalue weighted by atomic mass is 10.2. The average molecular weight is 515 g/mol. The fourth-order valence-electron chi connectivity index (χ4n) is 2.38. The van der Waals surface area contributed by atoms with Crippen LogP contribution in [0.1, 0.15) is 12.5 Å². The first-order valence-corrected chi connectivity index (χ1v) is 11.2. The van der Waals surface area contributed by atoms with Gasteiger partial charge in [-0.3, -0.25) is 0 Å². The zero-order valence-electron chi connectivity index (χ0n) is 20.5. The van der Waals surface area contributed by atoms with Crippen LogP contribution < -0.4 is 32.3 Å². The van der Waals surface area contributed by atoms with E-state index in [4.69, 9.17) is 26.1 Å². The third-order valence-electron chi connectivity index (χ3n) is 4.20. The van der Waals surface area contributed by atoms with Gasteiger partial charge >= 0.3 is 6.09 Å². The third kappa shape index (κ3) is 12.7. The maximum Gasteiger partial charge on any atom is 0.404 e. The minimum Gasteiger partial charge on any atom is -0.504 e. The first-order chi connectivity index (χ1) is 17.8. The maximum atomic E-state index is 9.60. The number of phenols is 2. The summed E-state index contributed by atoms with van der Waals surface area (Å²) in [5.74, 6) is 1.60. The number of carbonyl (C=O) groups excluding carboxylic acids is 1. The van der Waals surface area contributed by atoms with Crippen molar-refractivity contribution in [2.45, 2.75) is 13.0 Å². The third-order valence-corrected chi connectivity index (χ3v) is 4.20. The molecule has 4 rings (SSSR count). The number of hydrogen-bond acceptors (Lipinski definition) is 10. The van der Waals surface area contributed by atoms with Gasteiger partial charge in [-0.05, 0) is 43.3 Å². The molecule has 3 aromatic carbocycles. The van der Waals surface area contributed by atoms with Gasteiger partial charge in [-0.2, -0.15) is 0 Å². The molecule has 0 bridgehead atoms. The van der Waals surface area contributed by atoms with Crippen molar-refractivity contribution in [3.8, 4) is 28.7 Å². The molecular weight excluding hydrogens is 480 g/mol. The molecule has 10 N–H and O–H groups in total. The Hall–Kier alpha value is -4.45. The number of nitrogens with two attached hydrogens (primary N) is 3. The number of aromatic hydroxyl groups is 2.